The van der Waals surface area contributed by atoms with Crippen molar-refractivity contribution in [1.29, 1.82) is 5.26 Å². The fourth-order valence-electron chi connectivity index (χ4n) is 4.67. The van der Waals surface area contributed by atoms with Crippen LogP contribution < -0.4 is 15.5 Å². The van der Waals surface area contributed by atoms with Gasteiger partial charge in [-0.2, -0.15) is 5.26 Å². The van der Waals surface area contributed by atoms with Crippen molar-refractivity contribution in [3.63, 3.8) is 0 Å². The Morgan fingerprint density at radius 2 is 1.79 bits per heavy atom. The number of hydrogen-bond donors (Lipinski definition) is 1. The van der Waals surface area contributed by atoms with Gasteiger partial charge in [0.25, 0.3) is 0 Å². The van der Waals surface area contributed by atoms with Gasteiger partial charge in [-0.15, -0.1) is 0 Å². The van der Waals surface area contributed by atoms with E-state index in [0.717, 1.165) is 25.1 Å². The van der Waals surface area contributed by atoms with Gasteiger partial charge in [0, 0.05) is 25.0 Å². The first-order valence-corrected chi connectivity index (χ1v) is 10.9. The summed E-state index contributed by atoms with van der Waals surface area (Å²) in [5.74, 6) is -2.32. The van der Waals surface area contributed by atoms with E-state index in [1.54, 1.807) is 24.3 Å². The number of anilines is 2. The van der Waals surface area contributed by atoms with Gasteiger partial charge in [0.15, 0.2) is 0 Å². The number of rotatable bonds is 4. The lowest BCUT2D eigenvalue weighted by atomic mass is 9.81. The number of carbonyl (C=O) groups excluding carboxylic acids is 2. The maximum atomic E-state index is 13.2. The molecule has 2 heterocycles. The molecule has 0 spiro atoms. The van der Waals surface area contributed by atoms with Crippen LogP contribution in [0.5, 0.6) is 0 Å². The van der Waals surface area contributed by atoms with Crippen LogP contribution in [-0.2, 0) is 25.5 Å². The number of esters is 2. The molecule has 8 nitrogen and oxygen atoms in total. The summed E-state index contributed by atoms with van der Waals surface area (Å²) in [5.41, 5.74) is 10.00. The number of allylic oxidation sites excluding steroid dienone is 1. The molecule has 2 aromatic carbocycles. The molecule has 0 saturated heterocycles. The summed E-state index contributed by atoms with van der Waals surface area (Å²) in [4.78, 5) is 29.8. The van der Waals surface area contributed by atoms with E-state index < -0.39 is 17.9 Å². The number of nitrogens with zero attached hydrogens (tertiary/aromatic N) is 3. The van der Waals surface area contributed by atoms with Crippen molar-refractivity contribution in [2.24, 2.45) is 5.73 Å². The highest BCUT2D eigenvalue weighted by molar-refractivity contribution is 6.06. The molecule has 174 valence electrons. The second-order valence-electron chi connectivity index (χ2n) is 8.17. The lowest BCUT2D eigenvalue weighted by Gasteiger charge is -2.37. The molecule has 2 aliphatic rings. The molecule has 4 rings (SSSR count). The summed E-state index contributed by atoms with van der Waals surface area (Å²) in [5, 5.41) is 10.1. The quantitative estimate of drug-likeness (QED) is 0.697. The van der Waals surface area contributed by atoms with Crippen LogP contribution in [0.1, 0.15) is 23.5 Å². The number of nitrogens with two attached hydrogens (primary N) is 1. The Hall–Kier alpha value is -4.25. The predicted molar refractivity (Wildman–Crippen MR) is 128 cm³/mol. The highest BCUT2D eigenvalue weighted by Gasteiger charge is 2.43. The molecule has 0 radical (unpaired) electrons. The fourth-order valence-corrected chi connectivity index (χ4v) is 4.67. The summed E-state index contributed by atoms with van der Waals surface area (Å²) in [6.45, 7) is 0.897. The first-order chi connectivity index (χ1) is 16.4. The first-order valence-electron chi connectivity index (χ1n) is 10.9. The number of aryl methyl sites for hydroxylation is 1. The van der Waals surface area contributed by atoms with Gasteiger partial charge in [0.05, 0.1) is 37.4 Å². The van der Waals surface area contributed by atoms with E-state index in [1.165, 1.54) is 24.7 Å². The second-order valence-corrected chi connectivity index (χ2v) is 8.17. The monoisotopic (exact) mass is 458 g/mol. The van der Waals surface area contributed by atoms with E-state index in [-0.39, 0.29) is 22.7 Å². The number of benzene rings is 2. The second kappa shape index (κ2) is 9.32. The maximum absolute atomic E-state index is 13.2. The van der Waals surface area contributed by atoms with Crippen LogP contribution in [0.2, 0.25) is 0 Å². The number of fused-ring (bicyclic) bond motifs is 1. The Balaban J connectivity index is 2.02. The normalized spacial score (nSPS) is 17.8. The van der Waals surface area contributed by atoms with Crippen molar-refractivity contribution in [3.05, 3.63) is 82.3 Å². The predicted octanol–water partition coefficient (Wildman–Crippen LogP) is 2.97. The Bertz CT molecular complexity index is 1240. The SMILES string of the molecule is COC(=O)C1=C(C(=O)OC)N(c2ccc3c(c2)N(C)CCC3)C(N)=C(C#N)C1c1ccccc1. The highest BCUT2D eigenvalue weighted by atomic mass is 16.5. The number of carbonyl (C=O) groups is 2. The van der Waals surface area contributed by atoms with E-state index in [9.17, 15) is 14.9 Å². The number of hydrogen-bond acceptors (Lipinski definition) is 8. The van der Waals surface area contributed by atoms with Crippen molar-refractivity contribution in [1.82, 2.24) is 0 Å². The van der Waals surface area contributed by atoms with Crippen LogP contribution in [0, 0.1) is 11.3 Å². The number of ether oxygens (including phenoxy) is 2. The standard InChI is InChI=1S/C26H26N4O4/c1-29-13-7-10-16-11-12-18(14-20(16)29)30-23(26(32)34-3)22(25(31)33-2)21(19(15-27)24(30)28)17-8-5-4-6-9-17/h4-6,8-9,11-12,14,21H,7,10,13,28H2,1-3H3. The Morgan fingerprint density at radius 1 is 1.09 bits per heavy atom. The van der Waals surface area contributed by atoms with Gasteiger partial charge in [-0.3, -0.25) is 4.90 Å². The van der Waals surface area contributed by atoms with E-state index >= 15 is 0 Å². The minimum absolute atomic E-state index is 0.00243. The maximum Gasteiger partial charge on any atom is 0.355 e. The Labute approximate surface area is 198 Å². The lowest BCUT2D eigenvalue weighted by molar-refractivity contribution is -0.139. The molecule has 0 aliphatic carbocycles. The largest absolute Gasteiger partial charge is 0.466 e. The molecule has 0 bridgehead atoms. The highest BCUT2D eigenvalue weighted by Crippen LogP contribution is 2.44. The zero-order valence-corrected chi connectivity index (χ0v) is 19.4. The first kappa shape index (κ1) is 22.9. The summed E-state index contributed by atoms with van der Waals surface area (Å²) >= 11 is 0. The van der Waals surface area contributed by atoms with Crippen LogP contribution in [-0.4, -0.2) is 39.8 Å². The molecule has 0 amide bonds. The summed E-state index contributed by atoms with van der Waals surface area (Å²) < 4.78 is 10.2. The Kier molecular flexibility index (Phi) is 6.28. The van der Waals surface area contributed by atoms with Crippen LogP contribution >= 0.6 is 0 Å². The molecule has 2 aromatic rings. The van der Waals surface area contributed by atoms with E-state index in [2.05, 4.69) is 11.0 Å². The summed E-state index contributed by atoms with van der Waals surface area (Å²) in [6.07, 6.45) is 1.99. The third kappa shape index (κ3) is 3.75. The summed E-state index contributed by atoms with van der Waals surface area (Å²) in [6, 6.07) is 16.9. The van der Waals surface area contributed by atoms with Gasteiger partial charge >= 0.3 is 11.9 Å². The van der Waals surface area contributed by atoms with Crippen molar-refractivity contribution in [2.45, 2.75) is 18.8 Å². The molecule has 0 fully saturated rings. The zero-order chi connectivity index (χ0) is 24.4. The third-order valence-electron chi connectivity index (χ3n) is 6.29. The van der Waals surface area contributed by atoms with Gasteiger partial charge in [-0.05, 0) is 36.1 Å². The van der Waals surface area contributed by atoms with E-state index in [4.69, 9.17) is 15.2 Å². The zero-order valence-electron chi connectivity index (χ0n) is 19.4. The van der Waals surface area contributed by atoms with Gasteiger partial charge in [-0.1, -0.05) is 36.4 Å². The van der Waals surface area contributed by atoms with Crippen molar-refractivity contribution < 1.29 is 19.1 Å². The van der Waals surface area contributed by atoms with Crippen LogP contribution in [0.25, 0.3) is 0 Å². The van der Waals surface area contributed by atoms with Gasteiger partial charge in [-0.25, -0.2) is 9.59 Å². The van der Waals surface area contributed by atoms with Gasteiger partial charge < -0.3 is 20.1 Å². The Morgan fingerprint density at radius 3 is 2.44 bits per heavy atom. The van der Waals surface area contributed by atoms with Crippen molar-refractivity contribution in [2.75, 3.05) is 37.6 Å². The molecule has 8 heteroatoms. The van der Waals surface area contributed by atoms with Crippen LogP contribution in [0.15, 0.2) is 71.2 Å². The third-order valence-corrected chi connectivity index (χ3v) is 6.29. The van der Waals surface area contributed by atoms with Crippen molar-refractivity contribution in [3.8, 4) is 6.07 Å². The van der Waals surface area contributed by atoms with Crippen LogP contribution in [0.4, 0.5) is 11.4 Å². The lowest BCUT2D eigenvalue weighted by Crippen LogP contribution is -2.41. The molecule has 1 unspecified atom stereocenters. The molecule has 34 heavy (non-hydrogen) atoms. The average Bonchev–Trinajstić information content (AvgIpc) is 2.87. The van der Waals surface area contributed by atoms with Crippen molar-refractivity contribution >= 4 is 23.3 Å². The molecule has 2 N–H and O–H groups in total. The van der Waals surface area contributed by atoms with E-state index in [1.807, 2.05) is 31.3 Å². The fraction of sp³-hybridized carbons (Fsp3) is 0.269. The molecule has 2 aliphatic heterocycles. The van der Waals surface area contributed by atoms with E-state index in [0.29, 0.717) is 11.3 Å². The van der Waals surface area contributed by atoms with Gasteiger partial charge in [0.1, 0.15) is 11.5 Å². The topological polar surface area (TPSA) is 109 Å². The number of methoxy groups -OCH3 is 2. The van der Waals surface area contributed by atoms with Crippen LogP contribution in [0.3, 0.4) is 0 Å². The molecule has 1 atom stereocenters. The van der Waals surface area contributed by atoms with Gasteiger partial charge in [0.2, 0.25) is 0 Å². The average molecular weight is 459 g/mol. The smallest absolute Gasteiger partial charge is 0.355 e. The summed E-state index contributed by atoms with van der Waals surface area (Å²) in [7, 11) is 4.47. The number of nitriles is 1. The molecule has 0 saturated carbocycles. The molecule has 0 aromatic heterocycles. The minimum Gasteiger partial charge on any atom is -0.466 e. The molecular weight excluding hydrogens is 432 g/mol. The molecular formula is C26H26N4O4. The minimum atomic E-state index is -0.885.